The van der Waals surface area contributed by atoms with Crippen molar-refractivity contribution in [1.82, 2.24) is 10.3 Å². The molecular weight excluding hydrogens is 418 g/mol. The molecule has 0 bridgehead atoms. The number of amides is 2. The zero-order valence-electron chi connectivity index (χ0n) is 16.9. The fraction of sp³-hybridized carbons (Fsp3) is 0.174. The Hall–Kier alpha value is -4.01. The molecule has 2 heterocycles. The number of ether oxygens (including phenoxy) is 1. The van der Waals surface area contributed by atoms with Gasteiger partial charge < -0.3 is 20.7 Å². The van der Waals surface area contributed by atoms with E-state index in [9.17, 15) is 18.4 Å². The number of anilines is 2. The summed E-state index contributed by atoms with van der Waals surface area (Å²) < 4.78 is 31.8. The highest BCUT2D eigenvalue weighted by molar-refractivity contribution is 6.08. The molecule has 0 radical (unpaired) electrons. The van der Waals surface area contributed by atoms with Gasteiger partial charge in [0, 0.05) is 24.5 Å². The fourth-order valence-electron chi connectivity index (χ4n) is 3.47. The highest BCUT2D eigenvalue weighted by Crippen LogP contribution is 2.33. The number of carbonyl (C=O) groups is 2. The molecule has 0 spiro atoms. The summed E-state index contributed by atoms with van der Waals surface area (Å²) >= 11 is 0. The number of para-hydroxylation sites is 1. The molecule has 2 amide bonds. The first-order chi connectivity index (χ1) is 15.5. The van der Waals surface area contributed by atoms with Crippen molar-refractivity contribution in [1.29, 1.82) is 0 Å². The number of nitrogens with one attached hydrogen (secondary N) is 3. The minimum atomic E-state index is -1.05. The van der Waals surface area contributed by atoms with E-state index < -0.39 is 23.6 Å². The zero-order chi connectivity index (χ0) is 22.5. The molecular formula is C23H20F2N4O3. The van der Waals surface area contributed by atoms with Crippen molar-refractivity contribution >= 4 is 23.4 Å². The first-order valence-electron chi connectivity index (χ1n) is 9.97. The summed E-state index contributed by atoms with van der Waals surface area (Å²) in [5.74, 6) is -2.53. The summed E-state index contributed by atoms with van der Waals surface area (Å²) in [4.78, 5) is 29.2. The van der Waals surface area contributed by atoms with Gasteiger partial charge in [0.15, 0.2) is 11.6 Å². The molecule has 3 aromatic rings. The predicted octanol–water partition coefficient (Wildman–Crippen LogP) is 4.40. The minimum Gasteiger partial charge on any atom is -0.443 e. The van der Waals surface area contributed by atoms with E-state index in [1.54, 1.807) is 42.6 Å². The van der Waals surface area contributed by atoms with Gasteiger partial charge in [0.1, 0.15) is 6.61 Å². The Labute approximate surface area is 182 Å². The number of aromatic nitrogens is 1. The van der Waals surface area contributed by atoms with Gasteiger partial charge in [-0.15, -0.1) is 0 Å². The second-order valence-electron chi connectivity index (χ2n) is 7.16. The Kier molecular flexibility index (Phi) is 6.25. The Bertz CT molecular complexity index is 1140. The monoisotopic (exact) mass is 438 g/mol. The van der Waals surface area contributed by atoms with Gasteiger partial charge >= 0.3 is 6.09 Å². The van der Waals surface area contributed by atoms with Crippen LogP contribution in [0.25, 0.3) is 0 Å². The van der Waals surface area contributed by atoms with Crippen LogP contribution in [-0.2, 0) is 11.3 Å². The van der Waals surface area contributed by atoms with Crippen LogP contribution in [0.4, 0.5) is 25.0 Å². The maximum absolute atomic E-state index is 13.5. The molecule has 0 fully saturated rings. The molecule has 1 aromatic heterocycles. The number of fused-ring (bicyclic) bond motifs is 1. The summed E-state index contributed by atoms with van der Waals surface area (Å²) in [6.45, 7) is 0.564. The number of pyridine rings is 1. The number of benzene rings is 2. The van der Waals surface area contributed by atoms with Gasteiger partial charge in [-0.05, 0) is 42.3 Å². The molecule has 0 aliphatic carbocycles. The van der Waals surface area contributed by atoms with Gasteiger partial charge in [0.25, 0.3) is 5.91 Å². The van der Waals surface area contributed by atoms with Gasteiger partial charge in [-0.1, -0.05) is 18.2 Å². The molecule has 1 aliphatic rings. The molecule has 9 heteroatoms. The summed E-state index contributed by atoms with van der Waals surface area (Å²) in [6, 6.07) is 13.2. The van der Waals surface area contributed by atoms with Crippen molar-refractivity contribution in [3.05, 3.63) is 89.2 Å². The zero-order valence-corrected chi connectivity index (χ0v) is 16.9. The Morgan fingerprint density at radius 1 is 1.09 bits per heavy atom. The first-order valence-corrected chi connectivity index (χ1v) is 9.97. The smallest absolute Gasteiger partial charge is 0.408 e. The summed E-state index contributed by atoms with van der Waals surface area (Å²) in [5, 5.41) is 8.57. The van der Waals surface area contributed by atoms with Crippen LogP contribution in [0.15, 0.2) is 60.8 Å². The van der Waals surface area contributed by atoms with Gasteiger partial charge in [0.2, 0.25) is 0 Å². The predicted molar refractivity (Wildman–Crippen MR) is 114 cm³/mol. The lowest BCUT2D eigenvalue weighted by Crippen LogP contribution is -2.34. The molecule has 2 aromatic carbocycles. The van der Waals surface area contributed by atoms with Crippen LogP contribution < -0.4 is 16.0 Å². The molecule has 0 saturated carbocycles. The second-order valence-corrected chi connectivity index (χ2v) is 7.16. The average molecular weight is 438 g/mol. The normalized spacial score (nSPS) is 14.6. The van der Waals surface area contributed by atoms with E-state index in [-0.39, 0.29) is 18.3 Å². The Morgan fingerprint density at radius 2 is 1.97 bits per heavy atom. The third-order valence-corrected chi connectivity index (χ3v) is 5.00. The molecule has 4 rings (SSSR count). The number of alkyl carbamates (subject to hydrolysis) is 1. The average Bonchev–Trinajstić information content (AvgIpc) is 2.80. The van der Waals surface area contributed by atoms with E-state index in [1.165, 1.54) is 6.07 Å². The molecule has 1 aliphatic heterocycles. The van der Waals surface area contributed by atoms with Crippen molar-refractivity contribution in [2.75, 3.05) is 17.2 Å². The van der Waals surface area contributed by atoms with Gasteiger partial charge in [-0.2, -0.15) is 0 Å². The minimum absolute atomic E-state index is 0.0428. The van der Waals surface area contributed by atoms with E-state index in [4.69, 9.17) is 4.74 Å². The van der Waals surface area contributed by atoms with Crippen LogP contribution in [0.5, 0.6) is 0 Å². The van der Waals surface area contributed by atoms with Gasteiger partial charge in [0.05, 0.1) is 23.0 Å². The number of carbonyl (C=O) groups excluding carboxylic acids is 2. The Balaban J connectivity index is 1.46. The maximum atomic E-state index is 13.5. The number of hydrogen-bond acceptors (Lipinski definition) is 5. The number of halogens is 2. The van der Waals surface area contributed by atoms with E-state index in [0.717, 1.165) is 17.7 Å². The van der Waals surface area contributed by atoms with Crippen molar-refractivity contribution in [2.45, 2.75) is 19.1 Å². The lowest BCUT2D eigenvalue weighted by Gasteiger charge is -2.28. The molecule has 3 N–H and O–H groups in total. The molecule has 1 atom stereocenters. The van der Waals surface area contributed by atoms with E-state index in [1.807, 2.05) is 0 Å². The van der Waals surface area contributed by atoms with Crippen LogP contribution in [0.2, 0.25) is 0 Å². The van der Waals surface area contributed by atoms with Crippen LogP contribution in [0.3, 0.4) is 0 Å². The van der Waals surface area contributed by atoms with Gasteiger partial charge in [-0.3, -0.25) is 9.78 Å². The maximum Gasteiger partial charge on any atom is 0.408 e. The van der Waals surface area contributed by atoms with E-state index in [2.05, 4.69) is 20.9 Å². The van der Waals surface area contributed by atoms with Crippen molar-refractivity contribution in [2.24, 2.45) is 0 Å². The molecule has 7 nitrogen and oxygen atoms in total. The summed E-state index contributed by atoms with van der Waals surface area (Å²) in [6.07, 6.45) is 1.62. The quantitative estimate of drug-likeness (QED) is 0.549. The third-order valence-electron chi connectivity index (χ3n) is 5.00. The highest BCUT2D eigenvalue weighted by atomic mass is 19.2. The Morgan fingerprint density at radius 3 is 2.75 bits per heavy atom. The van der Waals surface area contributed by atoms with Crippen molar-refractivity contribution in [3.63, 3.8) is 0 Å². The molecule has 32 heavy (non-hydrogen) atoms. The standard InChI is InChI=1S/C23H20F2N4O3/c24-18-8-7-14(12-19(18)25)28-22(30)17-6-3-5-16-20(9-11-27-21(16)17)29-23(31)32-13-15-4-1-2-10-26-15/h1-8,10,12,20,27H,9,11,13H2,(H,28,30)(H,29,31). The molecule has 164 valence electrons. The van der Waals surface area contributed by atoms with E-state index in [0.29, 0.717) is 29.9 Å². The summed E-state index contributed by atoms with van der Waals surface area (Å²) in [7, 11) is 0. The summed E-state index contributed by atoms with van der Waals surface area (Å²) in [5.41, 5.74) is 2.37. The SMILES string of the molecule is O=C(NC1CCNc2c(C(=O)Nc3ccc(F)c(F)c3)cccc21)OCc1ccccn1. The number of nitrogens with zero attached hydrogens (tertiary/aromatic N) is 1. The van der Waals surface area contributed by atoms with E-state index >= 15 is 0 Å². The third kappa shape index (κ3) is 4.83. The van der Waals surface area contributed by atoms with Crippen LogP contribution >= 0.6 is 0 Å². The topological polar surface area (TPSA) is 92.4 Å². The largest absolute Gasteiger partial charge is 0.443 e. The fourth-order valence-corrected chi connectivity index (χ4v) is 3.47. The number of rotatable bonds is 5. The van der Waals surface area contributed by atoms with Crippen LogP contribution in [-0.4, -0.2) is 23.5 Å². The lowest BCUT2D eigenvalue weighted by molar-refractivity contribution is 0.102. The second kappa shape index (κ2) is 9.42. The van der Waals surface area contributed by atoms with Crippen LogP contribution in [0, 0.1) is 11.6 Å². The first kappa shape index (κ1) is 21.2. The van der Waals surface area contributed by atoms with Crippen molar-refractivity contribution in [3.8, 4) is 0 Å². The van der Waals surface area contributed by atoms with Gasteiger partial charge in [-0.25, -0.2) is 13.6 Å². The highest BCUT2D eigenvalue weighted by Gasteiger charge is 2.26. The molecule has 0 saturated heterocycles. The number of hydrogen-bond donors (Lipinski definition) is 3. The van der Waals surface area contributed by atoms with Crippen molar-refractivity contribution < 1.29 is 23.1 Å². The van der Waals surface area contributed by atoms with Crippen LogP contribution in [0.1, 0.15) is 34.1 Å². The lowest BCUT2D eigenvalue weighted by atomic mass is 9.94. The molecule has 1 unspecified atom stereocenters.